The molecule has 1 saturated carbocycles. The summed E-state index contributed by atoms with van der Waals surface area (Å²) in [6.07, 6.45) is 4.11. The first kappa shape index (κ1) is 15.0. The number of hydrogen-bond acceptors (Lipinski definition) is 3. The molecule has 0 radical (unpaired) electrons. The molecule has 0 heterocycles. The summed E-state index contributed by atoms with van der Waals surface area (Å²) in [5.74, 6) is 0.0282. The maximum Gasteiger partial charge on any atom is 0.229 e. The zero-order chi connectivity index (χ0) is 14.5. The largest absolute Gasteiger partial charge is 0.327 e. The monoisotopic (exact) mass is 275 g/mol. The predicted octanol–water partition coefficient (Wildman–Crippen LogP) is 2.20. The third kappa shape index (κ3) is 4.05. The zero-order valence-electron chi connectivity index (χ0n) is 12.4. The molecule has 2 rings (SSSR count). The number of rotatable bonds is 4. The van der Waals surface area contributed by atoms with E-state index in [9.17, 15) is 4.79 Å². The van der Waals surface area contributed by atoms with E-state index in [1.165, 1.54) is 5.56 Å². The highest BCUT2D eigenvalue weighted by molar-refractivity contribution is 5.93. The van der Waals surface area contributed by atoms with Crippen molar-refractivity contribution in [2.45, 2.75) is 38.3 Å². The highest BCUT2D eigenvalue weighted by Crippen LogP contribution is 2.24. The molecule has 4 nitrogen and oxygen atoms in total. The summed E-state index contributed by atoms with van der Waals surface area (Å²) in [5, 5.41) is 3.02. The van der Waals surface area contributed by atoms with Crippen LogP contribution in [-0.4, -0.2) is 30.9 Å². The van der Waals surface area contributed by atoms with E-state index >= 15 is 0 Å². The van der Waals surface area contributed by atoms with Gasteiger partial charge in [-0.1, -0.05) is 25.0 Å². The summed E-state index contributed by atoms with van der Waals surface area (Å²) in [6.45, 7) is 0.868. The SMILES string of the molecule is CN(C)Cc1cccc(NC(=O)C2CCCCC2N)c1. The molecule has 1 amide bonds. The molecular weight excluding hydrogens is 250 g/mol. The summed E-state index contributed by atoms with van der Waals surface area (Å²) in [5.41, 5.74) is 8.12. The number of amides is 1. The van der Waals surface area contributed by atoms with Crippen molar-refractivity contribution in [1.82, 2.24) is 4.90 Å². The van der Waals surface area contributed by atoms with Gasteiger partial charge in [-0.3, -0.25) is 4.79 Å². The van der Waals surface area contributed by atoms with Crippen LogP contribution in [0.2, 0.25) is 0 Å². The topological polar surface area (TPSA) is 58.4 Å². The van der Waals surface area contributed by atoms with Crippen LogP contribution in [0.15, 0.2) is 24.3 Å². The summed E-state index contributed by atoms with van der Waals surface area (Å²) in [6, 6.07) is 8.03. The van der Waals surface area contributed by atoms with E-state index in [4.69, 9.17) is 5.73 Å². The van der Waals surface area contributed by atoms with E-state index in [0.29, 0.717) is 0 Å². The van der Waals surface area contributed by atoms with Crippen molar-refractivity contribution < 1.29 is 4.79 Å². The Hall–Kier alpha value is -1.39. The summed E-state index contributed by atoms with van der Waals surface area (Å²) < 4.78 is 0. The first-order valence-corrected chi connectivity index (χ1v) is 7.36. The molecular formula is C16H25N3O. The number of benzene rings is 1. The van der Waals surface area contributed by atoms with Crippen molar-refractivity contribution in [3.63, 3.8) is 0 Å². The minimum atomic E-state index is -0.0405. The first-order chi connectivity index (χ1) is 9.56. The summed E-state index contributed by atoms with van der Waals surface area (Å²) in [4.78, 5) is 14.4. The van der Waals surface area contributed by atoms with Gasteiger partial charge in [0.25, 0.3) is 0 Å². The van der Waals surface area contributed by atoms with Crippen LogP contribution in [0.25, 0.3) is 0 Å². The minimum absolute atomic E-state index is 0.00806. The molecule has 1 fully saturated rings. The fourth-order valence-electron chi connectivity index (χ4n) is 2.83. The van der Waals surface area contributed by atoms with Crippen LogP contribution >= 0.6 is 0 Å². The van der Waals surface area contributed by atoms with Crippen LogP contribution in [0.4, 0.5) is 5.69 Å². The highest BCUT2D eigenvalue weighted by Gasteiger charge is 2.28. The molecule has 1 aliphatic rings. The van der Waals surface area contributed by atoms with Gasteiger partial charge >= 0.3 is 0 Å². The van der Waals surface area contributed by atoms with Crippen molar-refractivity contribution in [3.8, 4) is 0 Å². The molecule has 2 atom stereocenters. The number of hydrogen-bond donors (Lipinski definition) is 2. The maximum atomic E-state index is 12.3. The van der Waals surface area contributed by atoms with E-state index < -0.39 is 0 Å². The molecule has 20 heavy (non-hydrogen) atoms. The van der Waals surface area contributed by atoms with Gasteiger partial charge in [-0.05, 0) is 44.6 Å². The van der Waals surface area contributed by atoms with Gasteiger partial charge in [-0.15, -0.1) is 0 Å². The van der Waals surface area contributed by atoms with E-state index in [1.54, 1.807) is 0 Å². The van der Waals surface area contributed by atoms with E-state index in [-0.39, 0.29) is 17.9 Å². The van der Waals surface area contributed by atoms with Crippen LogP contribution in [0, 0.1) is 5.92 Å². The first-order valence-electron chi connectivity index (χ1n) is 7.36. The number of nitrogens with two attached hydrogens (primary N) is 1. The van der Waals surface area contributed by atoms with Crippen LogP contribution in [0.5, 0.6) is 0 Å². The smallest absolute Gasteiger partial charge is 0.229 e. The molecule has 0 aromatic heterocycles. The van der Waals surface area contributed by atoms with Gasteiger partial charge in [0.15, 0.2) is 0 Å². The molecule has 0 bridgehead atoms. The molecule has 1 aromatic rings. The number of anilines is 1. The van der Waals surface area contributed by atoms with Crippen LogP contribution < -0.4 is 11.1 Å². The Labute approximate surface area is 121 Å². The van der Waals surface area contributed by atoms with Crippen LogP contribution in [-0.2, 0) is 11.3 Å². The Bertz CT molecular complexity index is 459. The number of carbonyl (C=O) groups is 1. The molecule has 0 saturated heterocycles. The highest BCUT2D eigenvalue weighted by atomic mass is 16.1. The number of nitrogens with zero attached hydrogens (tertiary/aromatic N) is 1. The van der Waals surface area contributed by atoms with Gasteiger partial charge in [-0.25, -0.2) is 0 Å². The Morgan fingerprint density at radius 3 is 2.80 bits per heavy atom. The fraction of sp³-hybridized carbons (Fsp3) is 0.562. The lowest BCUT2D eigenvalue weighted by atomic mass is 9.84. The number of nitrogens with one attached hydrogen (secondary N) is 1. The summed E-state index contributed by atoms with van der Waals surface area (Å²) in [7, 11) is 4.07. The molecule has 1 aliphatic carbocycles. The Kier molecular flexibility index (Phi) is 5.15. The van der Waals surface area contributed by atoms with E-state index in [2.05, 4.69) is 16.3 Å². The standard InChI is InChI=1S/C16H25N3O/c1-19(2)11-12-6-5-7-13(10-12)18-16(20)14-8-3-4-9-15(14)17/h5-7,10,14-15H,3-4,8-9,11,17H2,1-2H3,(H,18,20). The quantitative estimate of drug-likeness (QED) is 0.885. The molecule has 1 aromatic carbocycles. The van der Waals surface area contributed by atoms with Gasteiger partial charge < -0.3 is 16.0 Å². The Morgan fingerprint density at radius 1 is 1.35 bits per heavy atom. The second-order valence-electron chi connectivity index (χ2n) is 5.98. The lowest BCUT2D eigenvalue weighted by Crippen LogP contribution is -2.40. The van der Waals surface area contributed by atoms with Crippen LogP contribution in [0.1, 0.15) is 31.2 Å². The van der Waals surface area contributed by atoms with Crippen molar-refractivity contribution in [2.75, 3.05) is 19.4 Å². The van der Waals surface area contributed by atoms with E-state index in [1.807, 2.05) is 32.3 Å². The van der Waals surface area contributed by atoms with Crippen molar-refractivity contribution in [1.29, 1.82) is 0 Å². The minimum Gasteiger partial charge on any atom is -0.327 e. The molecule has 0 spiro atoms. The zero-order valence-corrected chi connectivity index (χ0v) is 12.4. The molecule has 4 heteroatoms. The number of carbonyl (C=O) groups excluding carboxylic acids is 1. The van der Waals surface area contributed by atoms with Gasteiger partial charge in [-0.2, -0.15) is 0 Å². The third-order valence-electron chi connectivity index (χ3n) is 3.85. The lowest BCUT2D eigenvalue weighted by molar-refractivity contribution is -0.121. The van der Waals surface area contributed by atoms with Crippen molar-refractivity contribution >= 4 is 11.6 Å². The third-order valence-corrected chi connectivity index (χ3v) is 3.85. The van der Waals surface area contributed by atoms with Gasteiger partial charge in [0, 0.05) is 18.3 Å². The Morgan fingerprint density at radius 2 is 2.10 bits per heavy atom. The van der Waals surface area contributed by atoms with E-state index in [0.717, 1.165) is 37.9 Å². The van der Waals surface area contributed by atoms with Gasteiger partial charge in [0.2, 0.25) is 5.91 Å². The molecule has 0 aliphatic heterocycles. The fourth-order valence-corrected chi connectivity index (χ4v) is 2.83. The second kappa shape index (κ2) is 6.86. The maximum absolute atomic E-state index is 12.3. The lowest BCUT2D eigenvalue weighted by Gasteiger charge is -2.27. The van der Waals surface area contributed by atoms with Gasteiger partial charge in [0.1, 0.15) is 0 Å². The Balaban J connectivity index is 2.00. The summed E-state index contributed by atoms with van der Waals surface area (Å²) >= 11 is 0. The molecule has 2 unspecified atom stereocenters. The normalized spacial score (nSPS) is 22.8. The second-order valence-corrected chi connectivity index (χ2v) is 5.98. The average Bonchev–Trinajstić information content (AvgIpc) is 2.38. The molecule has 110 valence electrons. The average molecular weight is 275 g/mol. The predicted molar refractivity (Wildman–Crippen MR) is 82.4 cm³/mol. The van der Waals surface area contributed by atoms with Crippen molar-refractivity contribution in [3.05, 3.63) is 29.8 Å². The van der Waals surface area contributed by atoms with Gasteiger partial charge in [0.05, 0.1) is 5.92 Å². The van der Waals surface area contributed by atoms with Crippen LogP contribution in [0.3, 0.4) is 0 Å². The molecule has 3 N–H and O–H groups in total. The van der Waals surface area contributed by atoms with Crippen molar-refractivity contribution in [2.24, 2.45) is 11.7 Å².